The van der Waals surface area contributed by atoms with Crippen LogP contribution in [0.15, 0.2) is 46.9 Å². The molecule has 0 aliphatic rings. The number of carboxylic acids is 1. The van der Waals surface area contributed by atoms with Crippen LogP contribution in [-0.2, 0) is 17.8 Å². The van der Waals surface area contributed by atoms with Crippen molar-refractivity contribution in [2.24, 2.45) is 0 Å². The molecule has 0 spiro atoms. The molecule has 0 fully saturated rings. The largest absolute Gasteiger partial charge is 0.481 e. The van der Waals surface area contributed by atoms with Gasteiger partial charge < -0.3 is 10.4 Å². The van der Waals surface area contributed by atoms with Crippen molar-refractivity contribution >= 4 is 27.6 Å². The van der Waals surface area contributed by atoms with Gasteiger partial charge in [-0.3, -0.25) is 4.79 Å². The van der Waals surface area contributed by atoms with Crippen LogP contribution in [0.1, 0.15) is 16.7 Å². The fourth-order valence-corrected chi connectivity index (χ4v) is 2.42. The molecule has 4 heteroatoms. The van der Waals surface area contributed by atoms with Crippen LogP contribution in [0, 0.1) is 6.92 Å². The number of benzene rings is 2. The van der Waals surface area contributed by atoms with E-state index >= 15 is 0 Å². The van der Waals surface area contributed by atoms with E-state index in [9.17, 15) is 4.79 Å². The Kier molecular flexibility index (Phi) is 4.79. The zero-order valence-electron chi connectivity index (χ0n) is 11.2. The van der Waals surface area contributed by atoms with E-state index in [-0.39, 0.29) is 6.42 Å². The monoisotopic (exact) mass is 333 g/mol. The van der Waals surface area contributed by atoms with Gasteiger partial charge >= 0.3 is 5.97 Å². The van der Waals surface area contributed by atoms with E-state index in [4.69, 9.17) is 5.11 Å². The number of anilines is 1. The molecule has 3 nitrogen and oxygen atoms in total. The van der Waals surface area contributed by atoms with E-state index < -0.39 is 5.97 Å². The summed E-state index contributed by atoms with van der Waals surface area (Å²) >= 11 is 3.50. The van der Waals surface area contributed by atoms with Crippen molar-refractivity contribution in [1.82, 2.24) is 0 Å². The first kappa shape index (κ1) is 14.6. The third kappa shape index (κ3) is 3.61. The smallest absolute Gasteiger partial charge is 0.307 e. The van der Waals surface area contributed by atoms with E-state index in [1.807, 2.05) is 49.4 Å². The van der Waals surface area contributed by atoms with Gasteiger partial charge in [0, 0.05) is 16.7 Å². The number of nitrogens with one attached hydrogen (secondary N) is 1. The van der Waals surface area contributed by atoms with Crippen molar-refractivity contribution in [3.05, 3.63) is 63.6 Å². The van der Waals surface area contributed by atoms with Crippen molar-refractivity contribution in [3.63, 3.8) is 0 Å². The lowest BCUT2D eigenvalue weighted by Crippen LogP contribution is -2.07. The summed E-state index contributed by atoms with van der Waals surface area (Å²) in [6.45, 7) is 2.65. The number of carbonyl (C=O) groups is 1. The summed E-state index contributed by atoms with van der Waals surface area (Å²) in [5, 5.41) is 12.3. The molecular formula is C16H16BrNO2. The predicted molar refractivity (Wildman–Crippen MR) is 84.0 cm³/mol. The summed E-state index contributed by atoms with van der Waals surface area (Å²) in [7, 11) is 0. The highest BCUT2D eigenvalue weighted by Crippen LogP contribution is 2.24. The lowest BCUT2D eigenvalue weighted by atomic mass is 10.0. The summed E-state index contributed by atoms with van der Waals surface area (Å²) in [6, 6.07) is 13.6. The fourth-order valence-electron chi connectivity index (χ4n) is 2.05. The third-order valence-electron chi connectivity index (χ3n) is 3.20. The van der Waals surface area contributed by atoms with Gasteiger partial charge in [0.2, 0.25) is 0 Å². The van der Waals surface area contributed by atoms with E-state index in [2.05, 4.69) is 21.2 Å². The van der Waals surface area contributed by atoms with E-state index in [0.717, 1.165) is 26.9 Å². The molecule has 0 unspecified atom stereocenters. The number of hydrogen-bond acceptors (Lipinski definition) is 2. The molecule has 0 aliphatic carbocycles. The molecule has 2 aromatic rings. The molecule has 20 heavy (non-hydrogen) atoms. The highest BCUT2D eigenvalue weighted by atomic mass is 79.9. The molecule has 0 saturated heterocycles. The summed E-state index contributed by atoms with van der Waals surface area (Å²) in [5.41, 5.74) is 4.04. The molecule has 0 amide bonds. The van der Waals surface area contributed by atoms with Crippen LogP contribution < -0.4 is 5.32 Å². The Balaban J connectivity index is 2.15. The Morgan fingerprint density at radius 1 is 1.15 bits per heavy atom. The second-order valence-electron chi connectivity index (χ2n) is 4.61. The summed E-state index contributed by atoms with van der Waals surface area (Å²) in [4.78, 5) is 10.9. The molecule has 0 bridgehead atoms. The normalized spacial score (nSPS) is 10.3. The Morgan fingerprint density at radius 3 is 2.55 bits per heavy atom. The van der Waals surface area contributed by atoms with Crippen molar-refractivity contribution < 1.29 is 9.90 Å². The first-order valence-electron chi connectivity index (χ1n) is 6.35. The van der Waals surface area contributed by atoms with Crippen LogP contribution in [0.2, 0.25) is 0 Å². The highest BCUT2D eigenvalue weighted by Gasteiger charge is 2.07. The first-order chi connectivity index (χ1) is 9.58. The molecule has 0 radical (unpaired) electrons. The van der Waals surface area contributed by atoms with E-state index in [1.54, 1.807) is 0 Å². The predicted octanol–water partition coefficient (Wildman–Crippen LogP) is 4.00. The number of halogens is 1. The summed E-state index contributed by atoms with van der Waals surface area (Å²) in [6.07, 6.45) is 0.0509. The zero-order valence-corrected chi connectivity index (χ0v) is 12.8. The second kappa shape index (κ2) is 6.57. The molecule has 104 valence electrons. The van der Waals surface area contributed by atoms with Crippen molar-refractivity contribution in [2.75, 3.05) is 5.32 Å². The van der Waals surface area contributed by atoms with Crippen LogP contribution in [0.25, 0.3) is 0 Å². The molecule has 2 aromatic carbocycles. The van der Waals surface area contributed by atoms with Gasteiger partial charge in [0.25, 0.3) is 0 Å². The summed E-state index contributed by atoms with van der Waals surface area (Å²) < 4.78 is 1.06. The SMILES string of the molecule is Cc1c(Br)cccc1NCc1ccccc1CC(=O)O. The lowest BCUT2D eigenvalue weighted by molar-refractivity contribution is -0.136. The van der Waals surface area contributed by atoms with Gasteiger partial charge in [-0.25, -0.2) is 0 Å². The van der Waals surface area contributed by atoms with E-state index in [0.29, 0.717) is 6.54 Å². The zero-order chi connectivity index (χ0) is 14.5. The van der Waals surface area contributed by atoms with Crippen LogP contribution in [-0.4, -0.2) is 11.1 Å². The molecule has 0 aliphatic heterocycles. The van der Waals surface area contributed by atoms with Crippen LogP contribution in [0.3, 0.4) is 0 Å². The minimum Gasteiger partial charge on any atom is -0.481 e. The Hall–Kier alpha value is -1.81. The van der Waals surface area contributed by atoms with Gasteiger partial charge in [0.05, 0.1) is 6.42 Å². The molecule has 0 aromatic heterocycles. The Morgan fingerprint density at radius 2 is 1.85 bits per heavy atom. The molecule has 0 saturated carbocycles. The quantitative estimate of drug-likeness (QED) is 0.869. The van der Waals surface area contributed by atoms with Crippen LogP contribution >= 0.6 is 15.9 Å². The standard InChI is InChI=1S/C16H16BrNO2/c1-11-14(17)7-4-8-15(11)18-10-13-6-3-2-5-12(13)9-16(19)20/h2-8,18H,9-10H2,1H3,(H,19,20). The molecule has 0 heterocycles. The topological polar surface area (TPSA) is 49.3 Å². The van der Waals surface area contributed by atoms with Gasteiger partial charge in [-0.05, 0) is 35.7 Å². The minimum absolute atomic E-state index is 0.0509. The van der Waals surface area contributed by atoms with Gasteiger partial charge in [-0.2, -0.15) is 0 Å². The van der Waals surface area contributed by atoms with Crippen LogP contribution in [0.4, 0.5) is 5.69 Å². The number of hydrogen-bond donors (Lipinski definition) is 2. The number of rotatable bonds is 5. The third-order valence-corrected chi connectivity index (χ3v) is 4.06. The Bertz CT molecular complexity index is 626. The first-order valence-corrected chi connectivity index (χ1v) is 7.15. The maximum absolute atomic E-state index is 10.9. The molecule has 0 atom stereocenters. The number of carboxylic acid groups (broad SMARTS) is 1. The minimum atomic E-state index is -0.809. The molecule has 2 N–H and O–H groups in total. The molecular weight excluding hydrogens is 318 g/mol. The van der Waals surface area contributed by atoms with E-state index in [1.165, 1.54) is 0 Å². The number of aliphatic carboxylic acids is 1. The van der Waals surface area contributed by atoms with Crippen molar-refractivity contribution in [3.8, 4) is 0 Å². The van der Waals surface area contributed by atoms with Crippen LogP contribution in [0.5, 0.6) is 0 Å². The van der Waals surface area contributed by atoms with Gasteiger partial charge in [0.15, 0.2) is 0 Å². The maximum atomic E-state index is 10.9. The van der Waals surface area contributed by atoms with Crippen molar-refractivity contribution in [2.45, 2.75) is 19.9 Å². The maximum Gasteiger partial charge on any atom is 0.307 e. The molecule has 2 rings (SSSR count). The lowest BCUT2D eigenvalue weighted by Gasteiger charge is -2.13. The second-order valence-corrected chi connectivity index (χ2v) is 5.46. The fraction of sp³-hybridized carbons (Fsp3) is 0.188. The van der Waals surface area contributed by atoms with Crippen molar-refractivity contribution in [1.29, 1.82) is 0 Å². The summed E-state index contributed by atoms with van der Waals surface area (Å²) in [5.74, 6) is -0.809. The Labute approximate surface area is 126 Å². The van der Waals surface area contributed by atoms with Gasteiger partial charge in [-0.1, -0.05) is 46.3 Å². The average molecular weight is 334 g/mol. The van der Waals surface area contributed by atoms with Gasteiger partial charge in [0.1, 0.15) is 0 Å². The average Bonchev–Trinajstić information content (AvgIpc) is 2.41. The highest BCUT2D eigenvalue weighted by molar-refractivity contribution is 9.10. The van der Waals surface area contributed by atoms with Gasteiger partial charge in [-0.15, -0.1) is 0 Å².